The normalized spacial score (nSPS) is 10.5. The van der Waals surface area contributed by atoms with Crippen molar-refractivity contribution in [3.8, 4) is 11.3 Å². The molecule has 2 rings (SSSR count). The van der Waals surface area contributed by atoms with Crippen molar-refractivity contribution in [3.63, 3.8) is 0 Å². The molecule has 1 aromatic heterocycles. The molecule has 4 heteroatoms. The quantitative estimate of drug-likeness (QED) is 0.757. The van der Waals surface area contributed by atoms with E-state index in [1.54, 1.807) is 4.68 Å². The second kappa shape index (κ2) is 4.91. The molecule has 1 heterocycles. The second-order valence-corrected chi connectivity index (χ2v) is 4.03. The summed E-state index contributed by atoms with van der Waals surface area (Å²) >= 11 is 0. The van der Waals surface area contributed by atoms with Crippen molar-refractivity contribution in [1.82, 2.24) is 15.0 Å². The first-order valence-electron chi connectivity index (χ1n) is 5.72. The first-order chi connectivity index (χ1) is 8.26. The van der Waals surface area contributed by atoms with Gasteiger partial charge in [-0.1, -0.05) is 35.9 Å². The third kappa shape index (κ3) is 2.25. The van der Waals surface area contributed by atoms with Crippen molar-refractivity contribution in [2.24, 2.45) is 0 Å². The molecule has 0 radical (unpaired) electrons. The zero-order valence-corrected chi connectivity index (χ0v) is 10.1. The van der Waals surface area contributed by atoms with Gasteiger partial charge in [0.1, 0.15) is 0 Å². The van der Waals surface area contributed by atoms with Crippen LogP contribution in [0.2, 0.25) is 0 Å². The minimum atomic E-state index is 0.407. The fourth-order valence-electron chi connectivity index (χ4n) is 1.86. The van der Waals surface area contributed by atoms with Crippen LogP contribution in [0.1, 0.15) is 29.4 Å². The fourth-order valence-corrected chi connectivity index (χ4v) is 1.86. The maximum absolute atomic E-state index is 11.0. The Kier molecular flexibility index (Phi) is 3.32. The number of aromatic nitrogens is 3. The number of carbonyl (C=O) groups excluding carboxylic acids is 1. The molecule has 88 valence electrons. The molecule has 1 aromatic carbocycles. The predicted octanol–water partition coefficient (Wildman–Crippen LogP) is 2.48. The average molecular weight is 229 g/mol. The van der Waals surface area contributed by atoms with Gasteiger partial charge in [0.25, 0.3) is 0 Å². The Morgan fingerprint density at radius 1 is 1.41 bits per heavy atom. The van der Waals surface area contributed by atoms with Crippen molar-refractivity contribution < 1.29 is 4.79 Å². The van der Waals surface area contributed by atoms with E-state index in [0.29, 0.717) is 5.69 Å². The highest BCUT2D eigenvalue weighted by Crippen LogP contribution is 2.22. The zero-order valence-electron chi connectivity index (χ0n) is 10.1. The van der Waals surface area contributed by atoms with Crippen LogP contribution in [0.3, 0.4) is 0 Å². The van der Waals surface area contributed by atoms with E-state index in [2.05, 4.69) is 17.2 Å². The minimum absolute atomic E-state index is 0.407. The van der Waals surface area contributed by atoms with E-state index in [-0.39, 0.29) is 0 Å². The lowest BCUT2D eigenvalue weighted by atomic mass is 10.1. The van der Waals surface area contributed by atoms with Crippen LogP contribution in [0.25, 0.3) is 11.3 Å². The smallest absolute Gasteiger partial charge is 0.172 e. The third-order valence-corrected chi connectivity index (χ3v) is 2.60. The topological polar surface area (TPSA) is 47.8 Å². The summed E-state index contributed by atoms with van der Waals surface area (Å²) in [6, 6.07) is 8.02. The van der Waals surface area contributed by atoms with E-state index < -0.39 is 0 Å². The molecule has 0 fully saturated rings. The van der Waals surface area contributed by atoms with Gasteiger partial charge in [0.2, 0.25) is 0 Å². The van der Waals surface area contributed by atoms with Gasteiger partial charge in [0.15, 0.2) is 12.0 Å². The van der Waals surface area contributed by atoms with Crippen LogP contribution in [-0.2, 0) is 6.54 Å². The highest BCUT2D eigenvalue weighted by molar-refractivity contribution is 5.83. The molecular formula is C13H15N3O. The molecule has 0 aliphatic heterocycles. The van der Waals surface area contributed by atoms with Crippen molar-refractivity contribution in [2.45, 2.75) is 26.8 Å². The summed E-state index contributed by atoms with van der Waals surface area (Å²) in [7, 11) is 0. The molecule has 4 nitrogen and oxygen atoms in total. The summed E-state index contributed by atoms with van der Waals surface area (Å²) < 4.78 is 1.79. The van der Waals surface area contributed by atoms with Gasteiger partial charge in [-0.15, -0.1) is 5.10 Å². The van der Waals surface area contributed by atoms with Gasteiger partial charge in [0, 0.05) is 12.1 Å². The van der Waals surface area contributed by atoms with Crippen molar-refractivity contribution >= 4 is 6.29 Å². The van der Waals surface area contributed by atoms with Crippen LogP contribution in [0.4, 0.5) is 0 Å². The zero-order chi connectivity index (χ0) is 12.3. The Labute approximate surface area is 100 Å². The van der Waals surface area contributed by atoms with Crippen molar-refractivity contribution in [1.29, 1.82) is 0 Å². The first kappa shape index (κ1) is 11.5. The van der Waals surface area contributed by atoms with Gasteiger partial charge in [0.05, 0.1) is 5.69 Å². The standard InChI is InChI=1S/C13H15N3O/c1-3-7-16-13(12(9-17)14-15-16)11-6-4-5-10(2)8-11/h4-6,8-9H,3,7H2,1-2H3. The Morgan fingerprint density at radius 3 is 2.88 bits per heavy atom. The van der Waals surface area contributed by atoms with E-state index in [4.69, 9.17) is 0 Å². The number of hydrogen-bond donors (Lipinski definition) is 0. The van der Waals surface area contributed by atoms with Crippen LogP contribution in [-0.4, -0.2) is 21.3 Å². The lowest BCUT2D eigenvalue weighted by Crippen LogP contribution is -2.02. The molecule has 0 saturated carbocycles. The lowest BCUT2D eigenvalue weighted by molar-refractivity contribution is 0.111. The highest BCUT2D eigenvalue weighted by atomic mass is 16.1. The third-order valence-electron chi connectivity index (χ3n) is 2.60. The van der Waals surface area contributed by atoms with E-state index in [1.165, 1.54) is 0 Å². The van der Waals surface area contributed by atoms with E-state index in [1.807, 2.05) is 31.2 Å². The number of nitrogens with zero attached hydrogens (tertiary/aromatic N) is 3. The van der Waals surface area contributed by atoms with Gasteiger partial charge < -0.3 is 0 Å². The van der Waals surface area contributed by atoms with E-state index >= 15 is 0 Å². The molecule has 0 spiro atoms. The molecule has 0 bridgehead atoms. The highest BCUT2D eigenvalue weighted by Gasteiger charge is 2.13. The molecule has 0 saturated heterocycles. The van der Waals surface area contributed by atoms with E-state index in [0.717, 1.165) is 36.1 Å². The molecule has 0 amide bonds. The summed E-state index contributed by atoms with van der Waals surface area (Å²) in [5.41, 5.74) is 3.36. The number of hydrogen-bond acceptors (Lipinski definition) is 3. The first-order valence-corrected chi connectivity index (χ1v) is 5.72. The van der Waals surface area contributed by atoms with Crippen molar-refractivity contribution in [2.75, 3.05) is 0 Å². The summed E-state index contributed by atoms with van der Waals surface area (Å²) in [5.74, 6) is 0. The second-order valence-electron chi connectivity index (χ2n) is 4.03. The largest absolute Gasteiger partial charge is 0.296 e. The monoisotopic (exact) mass is 229 g/mol. The summed E-state index contributed by atoms with van der Waals surface area (Å²) in [5, 5.41) is 7.92. The average Bonchev–Trinajstić information content (AvgIpc) is 2.72. The molecule has 0 N–H and O–H groups in total. The van der Waals surface area contributed by atoms with Crippen LogP contribution >= 0.6 is 0 Å². The molecule has 17 heavy (non-hydrogen) atoms. The van der Waals surface area contributed by atoms with Crippen LogP contribution in [0.15, 0.2) is 24.3 Å². The van der Waals surface area contributed by atoms with Gasteiger partial charge in [-0.2, -0.15) is 0 Å². The van der Waals surface area contributed by atoms with E-state index in [9.17, 15) is 4.79 Å². The van der Waals surface area contributed by atoms with Gasteiger partial charge in [-0.05, 0) is 19.4 Å². The number of rotatable bonds is 4. The van der Waals surface area contributed by atoms with Crippen LogP contribution in [0, 0.1) is 6.92 Å². The molecule has 0 unspecified atom stereocenters. The number of aryl methyl sites for hydroxylation is 2. The van der Waals surface area contributed by atoms with Crippen molar-refractivity contribution in [3.05, 3.63) is 35.5 Å². The maximum atomic E-state index is 11.0. The van der Waals surface area contributed by atoms with Gasteiger partial charge in [-0.3, -0.25) is 4.79 Å². The Morgan fingerprint density at radius 2 is 2.24 bits per heavy atom. The molecule has 0 aliphatic rings. The predicted molar refractivity (Wildman–Crippen MR) is 65.9 cm³/mol. The minimum Gasteiger partial charge on any atom is -0.296 e. The summed E-state index contributed by atoms with van der Waals surface area (Å²) in [6.45, 7) is 4.87. The lowest BCUT2D eigenvalue weighted by Gasteiger charge is -2.06. The molecule has 2 aromatic rings. The van der Waals surface area contributed by atoms with Crippen LogP contribution in [0.5, 0.6) is 0 Å². The maximum Gasteiger partial charge on any atom is 0.172 e. The van der Waals surface area contributed by atoms with Gasteiger partial charge >= 0.3 is 0 Å². The molecule has 0 aliphatic carbocycles. The number of carbonyl (C=O) groups is 1. The molecular weight excluding hydrogens is 214 g/mol. The summed E-state index contributed by atoms with van der Waals surface area (Å²) in [4.78, 5) is 11.0. The SMILES string of the molecule is CCCn1nnc(C=O)c1-c1cccc(C)c1. The summed E-state index contributed by atoms with van der Waals surface area (Å²) in [6.07, 6.45) is 1.72. The number of benzene rings is 1. The Hall–Kier alpha value is -1.97. The molecule has 0 atom stereocenters. The Bertz CT molecular complexity index is 531. The van der Waals surface area contributed by atoms with Crippen LogP contribution < -0.4 is 0 Å². The number of aldehydes is 1. The Balaban J connectivity index is 2.55. The van der Waals surface area contributed by atoms with Gasteiger partial charge in [-0.25, -0.2) is 4.68 Å². The fraction of sp³-hybridized carbons (Fsp3) is 0.308.